The Morgan fingerprint density at radius 3 is 3.25 bits per heavy atom. The summed E-state index contributed by atoms with van der Waals surface area (Å²) in [7, 11) is 0. The van der Waals surface area contributed by atoms with Gasteiger partial charge in [0.1, 0.15) is 0 Å². The molecule has 0 saturated carbocycles. The van der Waals surface area contributed by atoms with E-state index in [2.05, 4.69) is 10.1 Å². The first-order valence-electron chi connectivity index (χ1n) is 3.41. The second-order valence-electron chi connectivity index (χ2n) is 2.29. The Balaban J connectivity index is 2.67. The molecular formula is C8H5N3O. The third kappa shape index (κ3) is 1.00. The van der Waals surface area contributed by atoms with E-state index in [0.29, 0.717) is 5.69 Å². The minimum Gasteiger partial charge on any atom is -0.241 e. The van der Waals surface area contributed by atoms with Crippen LogP contribution in [-0.4, -0.2) is 15.7 Å². The van der Waals surface area contributed by atoms with Gasteiger partial charge in [-0.1, -0.05) is 0 Å². The maximum Gasteiger partial charge on any atom is 0.240 e. The number of hydrogen-bond acceptors (Lipinski definition) is 3. The van der Waals surface area contributed by atoms with Crippen molar-refractivity contribution in [1.82, 2.24) is 9.61 Å². The van der Waals surface area contributed by atoms with Crippen molar-refractivity contribution < 1.29 is 4.79 Å². The van der Waals surface area contributed by atoms with Crippen molar-refractivity contribution in [2.75, 3.05) is 0 Å². The number of isocyanates is 1. The van der Waals surface area contributed by atoms with E-state index in [1.807, 2.05) is 6.07 Å². The summed E-state index contributed by atoms with van der Waals surface area (Å²) in [5.41, 5.74) is 1.50. The fourth-order valence-electron chi connectivity index (χ4n) is 1.03. The lowest BCUT2D eigenvalue weighted by atomic mass is 10.3. The molecule has 0 fully saturated rings. The molecule has 0 saturated heterocycles. The van der Waals surface area contributed by atoms with E-state index in [0.717, 1.165) is 5.52 Å². The van der Waals surface area contributed by atoms with Gasteiger partial charge in [-0.2, -0.15) is 10.1 Å². The first-order valence-corrected chi connectivity index (χ1v) is 3.41. The highest BCUT2D eigenvalue weighted by molar-refractivity contribution is 5.58. The monoisotopic (exact) mass is 159 g/mol. The average Bonchev–Trinajstić information content (AvgIpc) is 2.51. The first-order chi connectivity index (χ1) is 5.90. The molecule has 4 nitrogen and oxygen atoms in total. The number of carbonyl (C=O) groups excluding carboxylic acids is 1. The van der Waals surface area contributed by atoms with Gasteiger partial charge in [-0.25, -0.2) is 9.31 Å². The van der Waals surface area contributed by atoms with E-state index in [1.165, 1.54) is 6.08 Å². The van der Waals surface area contributed by atoms with Gasteiger partial charge in [0.15, 0.2) is 0 Å². The Morgan fingerprint density at radius 2 is 2.42 bits per heavy atom. The predicted octanol–water partition coefficient (Wildman–Crippen LogP) is 1.30. The SMILES string of the molecule is O=C=Nc1ccn2nccc2c1. The van der Waals surface area contributed by atoms with Gasteiger partial charge in [-0.15, -0.1) is 0 Å². The standard InChI is InChI=1S/C8H5N3O/c12-6-9-7-2-4-11-8(5-7)1-3-10-11/h1-5H. The number of aliphatic imine (C=N–C) groups is 1. The van der Waals surface area contributed by atoms with Crippen molar-refractivity contribution >= 4 is 17.3 Å². The number of fused-ring (bicyclic) bond motifs is 1. The largest absolute Gasteiger partial charge is 0.241 e. The van der Waals surface area contributed by atoms with E-state index in [-0.39, 0.29) is 0 Å². The number of nitrogens with zero attached hydrogens (tertiary/aromatic N) is 3. The fourth-order valence-corrected chi connectivity index (χ4v) is 1.03. The summed E-state index contributed by atoms with van der Waals surface area (Å²) in [4.78, 5) is 13.4. The Kier molecular flexibility index (Phi) is 1.47. The molecule has 0 amide bonds. The van der Waals surface area contributed by atoms with Crippen molar-refractivity contribution in [3.05, 3.63) is 30.6 Å². The second-order valence-corrected chi connectivity index (χ2v) is 2.29. The van der Waals surface area contributed by atoms with Crippen molar-refractivity contribution in [2.45, 2.75) is 0 Å². The topological polar surface area (TPSA) is 46.7 Å². The lowest BCUT2D eigenvalue weighted by Gasteiger charge is -1.92. The van der Waals surface area contributed by atoms with Crippen molar-refractivity contribution in [3.8, 4) is 0 Å². The lowest BCUT2D eigenvalue weighted by Crippen LogP contribution is -1.82. The van der Waals surface area contributed by atoms with E-state index in [4.69, 9.17) is 0 Å². The second kappa shape index (κ2) is 2.60. The Morgan fingerprint density at radius 1 is 1.50 bits per heavy atom. The molecule has 12 heavy (non-hydrogen) atoms. The zero-order chi connectivity index (χ0) is 8.39. The third-order valence-corrected chi connectivity index (χ3v) is 1.56. The molecule has 0 aromatic carbocycles. The van der Waals surface area contributed by atoms with E-state index in [9.17, 15) is 4.79 Å². The molecule has 0 aliphatic heterocycles. The summed E-state index contributed by atoms with van der Waals surface area (Å²) in [6.07, 6.45) is 4.91. The van der Waals surface area contributed by atoms with E-state index >= 15 is 0 Å². The molecule has 0 aliphatic rings. The van der Waals surface area contributed by atoms with Crippen LogP contribution in [0.15, 0.2) is 35.6 Å². The summed E-state index contributed by atoms with van der Waals surface area (Å²) >= 11 is 0. The summed E-state index contributed by atoms with van der Waals surface area (Å²) in [6.45, 7) is 0. The van der Waals surface area contributed by atoms with Gasteiger partial charge >= 0.3 is 0 Å². The summed E-state index contributed by atoms with van der Waals surface area (Å²) < 4.78 is 1.70. The molecule has 0 bridgehead atoms. The predicted molar refractivity (Wildman–Crippen MR) is 43.0 cm³/mol. The van der Waals surface area contributed by atoms with Gasteiger partial charge < -0.3 is 0 Å². The van der Waals surface area contributed by atoms with Gasteiger partial charge in [0.2, 0.25) is 6.08 Å². The van der Waals surface area contributed by atoms with Crippen molar-refractivity contribution in [1.29, 1.82) is 0 Å². The van der Waals surface area contributed by atoms with Crippen molar-refractivity contribution in [2.24, 2.45) is 4.99 Å². The van der Waals surface area contributed by atoms with Gasteiger partial charge in [-0.3, -0.25) is 0 Å². The molecule has 2 aromatic rings. The highest BCUT2D eigenvalue weighted by Gasteiger charge is 1.93. The van der Waals surface area contributed by atoms with Gasteiger partial charge in [0.25, 0.3) is 0 Å². The molecule has 0 N–H and O–H groups in total. The molecule has 0 atom stereocenters. The van der Waals surface area contributed by atoms with Crippen LogP contribution in [0.4, 0.5) is 5.69 Å². The van der Waals surface area contributed by atoms with Crippen LogP contribution >= 0.6 is 0 Å². The zero-order valence-corrected chi connectivity index (χ0v) is 6.14. The number of pyridine rings is 1. The molecule has 0 radical (unpaired) electrons. The fraction of sp³-hybridized carbons (Fsp3) is 0. The third-order valence-electron chi connectivity index (χ3n) is 1.56. The van der Waals surface area contributed by atoms with Crippen LogP contribution in [0.5, 0.6) is 0 Å². The number of rotatable bonds is 1. The van der Waals surface area contributed by atoms with Gasteiger partial charge in [0, 0.05) is 12.4 Å². The Labute approximate surface area is 68.2 Å². The van der Waals surface area contributed by atoms with Crippen LogP contribution in [-0.2, 0) is 4.79 Å². The van der Waals surface area contributed by atoms with Gasteiger partial charge in [-0.05, 0) is 18.2 Å². The minimum absolute atomic E-state index is 0.595. The summed E-state index contributed by atoms with van der Waals surface area (Å²) in [6, 6.07) is 5.30. The van der Waals surface area contributed by atoms with Crippen LogP contribution in [0.2, 0.25) is 0 Å². The van der Waals surface area contributed by atoms with Crippen LogP contribution in [0.1, 0.15) is 0 Å². The molecule has 2 aromatic heterocycles. The average molecular weight is 159 g/mol. The molecule has 0 unspecified atom stereocenters. The molecule has 58 valence electrons. The number of hydrogen-bond donors (Lipinski definition) is 0. The normalized spacial score (nSPS) is 9.67. The van der Waals surface area contributed by atoms with E-state index < -0.39 is 0 Å². The maximum atomic E-state index is 9.93. The van der Waals surface area contributed by atoms with Crippen LogP contribution in [0.25, 0.3) is 5.52 Å². The quantitative estimate of drug-likeness (QED) is 0.465. The zero-order valence-electron chi connectivity index (χ0n) is 6.14. The molecule has 0 spiro atoms. The summed E-state index contributed by atoms with van der Waals surface area (Å²) in [5, 5.41) is 4.00. The molecule has 0 aliphatic carbocycles. The lowest BCUT2D eigenvalue weighted by molar-refractivity contribution is 0.565. The Bertz CT molecular complexity index is 454. The molecule has 2 rings (SSSR count). The van der Waals surface area contributed by atoms with Crippen LogP contribution in [0, 0.1) is 0 Å². The first kappa shape index (κ1) is 6.76. The summed E-state index contributed by atoms with van der Waals surface area (Å²) in [5.74, 6) is 0. The number of aromatic nitrogens is 2. The van der Waals surface area contributed by atoms with Crippen LogP contribution in [0.3, 0.4) is 0 Å². The molecule has 4 heteroatoms. The molecule has 2 heterocycles. The maximum absolute atomic E-state index is 9.93. The van der Waals surface area contributed by atoms with Crippen molar-refractivity contribution in [3.63, 3.8) is 0 Å². The van der Waals surface area contributed by atoms with Crippen LogP contribution < -0.4 is 0 Å². The van der Waals surface area contributed by atoms with Gasteiger partial charge in [0.05, 0.1) is 11.2 Å². The highest BCUT2D eigenvalue weighted by atomic mass is 16.1. The Hall–Kier alpha value is -1.93. The van der Waals surface area contributed by atoms with E-state index in [1.54, 1.807) is 29.0 Å². The minimum atomic E-state index is 0.595. The highest BCUT2D eigenvalue weighted by Crippen LogP contribution is 2.13. The smallest absolute Gasteiger partial charge is 0.240 e. The molecular weight excluding hydrogens is 154 g/mol.